The molecule has 1 aromatic heterocycles. The Balaban J connectivity index is 1.74. The normalized spacial score (nSPS) is 22.4. The summed E-state index contributed by atoms with van der Waals surface area (Å²) < 4.78 is 13.6. The van der Waals surface area contributed by atoms with Crippen molar-refractivity contribution in [3.8, 4) is 0 Å². The van der Waals surface area contributed by atoms with Crippen molar-refractivity contribution in [3.05, 3.63) is 53.6 Å². The second-order valence-electron chi connectivity index (χ2n) is 7.62. The van der Waals surface area contributed by atoms with Gasteiger partial charge in [0.25, 0.3) is 0 Å². The van der Waals surface area contributed by atoms with E-state index in [4.69, 9.17) is 0 Å². The lowest BCUT2D eigenvalue weighted by molar-refractivity contribution is -0.163. The largest absolute Gasteiger partial charge is 0.481 e. The van der Waals surface area contributed by atoms with E-state index in [0.717, 1.165) is 18.5 Å². The zero-order valence-electron chi connectivity index (χ0n) is 16.5. The molecule has 1 fully saturated rings. The van der Waals surface area contributed by atoms with E-state index in [9.17, 15) is 19.4 Å². The first-order valence-corrected chi connectivity index (χ1v) is 9.86. The molecule has 1 saturated heterocycles. The highest BCUT2D eigenvalue weighted by Crippen LogP contribution is 2.35. The molecular weight excluding hydrogens is 375 g/mol. The summed E-state index contributed by atoms with van der Waals surface area (Å²) in [5.74, 6) is -0.927. The van der Waals surface area contributed by atoms with E-state index in [0.29, 0.717) is 31.0 Å². The number of aliphatic carboxylic acids is 1. The molecule has 0 aliphatic carbocycles. The van der Waals surface area contributed by atoms with Crippen LogP contribution in [0.1, 0.15) is 30.9 Å². The molecule has 7 nitrogen and oxygen atoms in total. The third kappa shape index (κ3) is 5.07. The number of nitrogens with one attached hydrogen (secondary N) is 1. The van der Waals surface area contributed by atoms with E-state index < -0.39 is 23.3 Å². The van der Waals surface area contributed by atoms with E-state index in [-0.39, 0.29) is 13.0 Å². The number of halogens is 1. The summed E-state index contributed by atoms with van der Waals surface area (Å²) in [5, 5.41) is 23.7. The molecule has 2 aromatic rings. The number of carboxylic acids is 1. The topological polar surface area (TPSA) is 98.6 Å². The summed E-state index contributed by atoms with van der Waals surface area (Å²) in [6.07, 6.45) is 3.82. The average molecular weight is 402 g/mol. The van der Waals surface area contributed by atoms with Gasteiger partial charge in [-0.3, -0.25) is 9.69 Å². The average Bonchev–Trinajstić information content (AvgIpc) is 2.70. The Kier molecular flexibility index (Phi) is 6.76. The number of piperidine rings is 1. The van der Waals surface area contributed by atoms with E-state index in [2.05, 4.69) is 22.2 Å². The highest BCUT2D eigenvalue weighted by atomic mass is 19.1. The highest BCUT2D eigenvalue weighted by Gasteiger charge is 2.49. The van der Waals surface area contributed by atoms with Gasteiger partial charge < -0.3 is 15.5 Å². The number of carboxylic acid groups (broad SMARTS) is 1. The van der Waals surface area contributed by atoms with Crippen LogP contribution in [0.15, 0.2) is 36.7 Å². The van der Waals surface area contributed by atoms with Gasteiger partial charge in [0.2, 0.25) is 5.95 Å². The SMILES string of the molecule is CCCNc1ncc(CN2CC[C@@H](O)[C@](Cc3cccc(F)c3)(C(=O)O)C2)cn1. The molecule has 1 aliphatic heterocycles. The number of rotatable bonds is 8. The van der Waals surface area contributed by atoms with E-state index in [1.54, 1.807) is 24.5 Å². The first-order valence-electron chi connectivity index (χ1n) is 9.86. The lowest BCUT2D eigenvalue weighted by atomic mass is 9.72. The van der Waals surface area contributed by atoms with E-state index >= 15 is 0 Å². The molecule has 8 heteroatoms. The number of hydrogen-bond acceptors (Lipinski definition) is 6. The van der Waals surface area contributed by atoms with Crippen molar-refractivity contribution in [3.63, 3.8) is 0 Å². The fraction of sp³-hybridized carbons (Fsp3) is 0.476. The Morgan fingerprint density at radius 2 is 2.10 bits per heavy atom. The van der Waals surface area contributed by atoms with E-state index in [1.165, 1.54) is 12.1 Å². The lowest BCUT2D eigenvalue weighted by Gasteiger charge is -2.43. The summed E-state index contributed by atoms with van der Waals surface area (Å²) in [6.45, 7) is 4.07. The van der Waals surface area contributed by atoms with Crippen molar-refractivity contribution in [1.82, 2.24) is 14.9 Å². The third-order valence-corrected chi connectivity index (χ3v) is 5.34. The van der Waals surface area contributed by atoms with Crippen molar-refractivity contribution in [2.24, 2.45) is 5.41 Å². The standard InChI is InChI=1S/C21H27FN4O3/c1-2-7-23-20-24-11-16(12-25-20)13-26-8-6-18(27)21(14-26,19(28)29)10-15-4-3-5-17(22)9-15/h3-5,9,11-12,18,27H,2,6-8,10,13-14H2,1H3,(H,28,29)(H,23,24,25)/t18-,21-/m1/s1. The molecule has 29 heavy (non-hydrogen) atoms. The first-order chi connectivity index (χ1) is 13.9. The zero-order valence-corrected chi connectivity index (χ0v) is 16.5. The van der Waals surface area contributed by atoms with Gasteiger partial charge in [-0.15, -0.1) is 0 Å². The van der Waals surface area contributed by atoms with Gasteiger partial charge in [-0.1, -0.05) is 19.1 Å². The van der Waals surface area contributed by atoms with Crippen LogP contribution < -0.4 is 5.32 Å². The smallest absolute Gasteiger partial charge is 0.313 e. The molecule has 0 saturated carbocycles. The van der Waals surface area contributed by atoms with Gasteiger partial charge in [0, 0.05) is 44.1 Å². The van der Waals surface area contributed by atoms with Crippen LogP contribution in [0.3, 0.4) is 0 Å². The monoisotopic (exact) mass is 402 g/mol. The van der Waals surface area contributed by atoms with Crippen molar-refractivity contribution in [1.29, 1.82) is 0 Å². The summed E-state index contributed by atoms with van der Waals surface area (Å²) >= 11 is 0. The maximum Gasteiger partial charge on any atom is 0.313 e. The van der Waals surface area contributed by atoms with Gasteiger partial charge in [0.05, 0.1) is 6.10 Å². The fourth-order valence-corrected chi connectivity index (χ4v) is 3.79. The molecule has 2 heterocycles. The number of nitrogens with zero attached hydrogens (tertiary/aromatic N) is 3. The molecular formula is C21H27FN4O3. The number of aliphatic hydroxyl groups excluding tert-OH is 1. The minimum atomic E-state index is -1.39. The number of aromatic nitrogens is 2. The minimum absolute atomic E-state index is 0.0636. The summed E-state index contributed by atoms with van der Waals surface area (Å²) in [6, 6.07) is 5.89. The number of hydrogen-bond donors (Lipinski definition) is 3. The second-order valence-corrected chi connectivity index (χ2v) is 7.62. The van der Waals surface area contributed by atoms with Crippen molar-refractivity contribution >= 4 is 11.9 Å². The van der Waals surface area contributed by atoms with Crippen LogP contribution in [0, 0.1) is 11.2 Å². The molecule has 2 atom stereocenters. The Bertz CT molecular complexity index is 833. The van der Waals surface area contributed by atoms with Crippen molar-refractivity contribution in [2.45, 2.75) is 38.8 Å². The second kappa shape index (κ2) is 9.28. The summed E-state index contributed by atoms with van der Waals surface area (Å²) in [4.78, 5) is 22.8. The van der Waals surface area contributed by atoms with Gasteiger partial charge in [0.15, 0.2) is 0 Å². The zero-order chi connectivity index (χ0) is 20.9. The number of likely N-dealkylation sites (tertiary alicyclic amines) is 1. The van der Waals surface area contributed by atoms with Crippen molar-refractivity contribution < 1.29 is 19.4 Å². The van der Waals surface area contributed by atoms with Gasteiger partial charge in [-0.2, -0.15) is 0 Å². The molecule has 1 aliphatic rings. The first kappa shape index (κ1) is 21.1. The van der Waals surface area contributed by atoms with Crippen LogP contribution in [-0.4, -0.2) is 56.8 Å². The van der Waals surface area contributed by atoms with Gasteiger partial charge in [-0.25, -0.2) is 14.4 Å². The van der Waals surface area contributed by atoms with Crippen LogP contribution in [-0.2, 0) is 17.8 Å². The lowest BCUT2D eigenvalue weighted by Crippen LogP contribution is -2.56. The van der Waals surface area contributed by atoms with Crippen molar-refractivity contribution in [2.75, 3.05) is 25.0 Å². The Morgan fingerprint density at radius 1 is 1.34 bits per heavy atom. The molecule has 0 amide bonds. The Labute approximate surface area is 169 Å². The number of benzene rings is 1. The third-order valence-electron chi connectivity index (χ3n) is 5.34. The maximum absolute atomic E-state index is 13.6. The Hall–Kier alpha value is -2.58. The number of carbonyl (C=O) groups is 1. The predicted molar refractivity (Wildman–Crippen MR) is 107 cm³/mol. The van der Waals surface area contributed by atoms with Crippen LogP contribution in [0.2, 0.25) is 0 Å². The van der Waals surface area contributed by atoms with E-state index in [1.807, 2.05) is 4.90 Å². The summed E-state index contributed by atoms with van der Waals surface area (Å²) in [7, 11) is 0. The van der Waals surface area contributed by atoms with Crippen LogP contribution >= 0.6 is 0 Å². The van der Waals surface area contributed by atoms with Gasteiger partial charge >= 0.3 is 5.97 Å². The van der Waals surface area contributed by atoms with Gasteiger partial charge in [-0.05, 0) is 37.0 Å². The predicted octanol–water partition coefficient (Wildman–Crippen LogP) is 2.32. The molecule has 0 bridgehead atoms. The van der Waals surface area contributed by atoms with Crippen LogP contribution in [0.5, 0.6) is 0 Å². The fourth-order valence-electron chi connectivity index (χ4n) is 3.79. The Morgan fingerprint density at radius 3 is 2.76 bits per heavy atom. The molecule has 156 valence electrons. The quantitative estimate of drug-likeness (QED) is 0.623. The molecule has 1 aromatic carbocycles. The maximum atomic E-state index is 13.6. The number of anilines is 1. The highest BCUT2D eigenvalue weighted by molar-refractivity contribution is 5.76. The summed E-state index contributed by atoms with van der Waals surface area (Å²) in [5.41, 5.74) is 0.0340. The van der Waals surface area contributed by atoms with Crippen LogP contribution in [0.25, 0.3) is 0 Å². The molecule has 0 spiro atoms. The molecule has 3 rings (SSSR count). The molecule has 0 unspecified atom stereocenters. The minimum Gasteiger partial charge on any atom is -0.481 e. The van der Waals surface area contributed by atoms with Gasteiger partial charge in [0.1, 0.15) is 11.2 Å². The molecule has 0 radical (unpaired) electrons. The number of aliphatic hydroxyl groups is 1. The van der Waals surface area contributed by atoms with Crippen LogP contribution in [0.4, 0.5) is 10.3 Å². The molecule has 3 N–H and O–H groups in total.